The van der Waals surface area contributed by atoms with Crippen LogP contribution >= 0.6 is 24.0 Å². The number of hydrogen-bond donors (Lipinski definition) is 3. The molecule has 1 unspecified atom stereocenters. The van der Waals surface area contributed by atoms with Gasteiger partial charge in [0.1, 0.15) is 0 Å². The number of rotatable bonds is 5. The van der Waals surface area contributed by atoms with Gasteiger partial charge >= 0.3 is 0 Å². The van der Waals surface area contributed by atoms with Crippen LogP contribution in [0.25, 0.3) is 0 Å². The van der Waals surface area contributed by atoms with Crippen molar-refractivity contribution < 1.29 is 9.84 Å². The van der Waals surface area contributed by atoms with Gasteiger partial charge in [-0.05, 0) is 32.6 Å². The van der Waals surface area contributed by atoms with E-state index in [0.717, 1.165) is 57.9 Å². The molecule has 112 valence electrons. The molecule has 0 aromatic rings. The molecular formula is C13H26IN3O2. The van der Waals surface area contributed by atoms with E-state index in [2.05, 4.69) is 15.6 Å². The van der Waals surface area contributed by atoms with Crippen molar-refractivity contribution in [2.45, 2.75) is 38.2 Å². The monoisotopic (exact) mass is 383 g/mol. The lowest BCUT2D eigenvalue weighted by Gasteiger charge is -2.35. The van der Waals surface area contributed by atoms with Crippen LogP contribution in [0.2, 0.25) is 0 Å². The van der Waals surface area contributed by atoms with Gasteiger partial charge in [0, 0.05) is 25.6 Å². The Hall–Kier alpha value is -0.0800. The molecule has 19 heavy (non-hydrogen) atoms. The Morgan fingerprint density at radius 2 is 2.21 bits per heavy atom. The molecule has 1 atom stereocenters. The fourth-order valence-electron chi connectivity index (χ4n) is 2.30. The van der Waals surface area contributed by atoms with Crippen molar-refractivity contribution in [2.75, 3.05) is 32.8 Å². The summed E-state index contributed by atoms with van der Waals surface area (Å²) in [5, 5.41) is 16.6. The Kier molecular flexibility index (Phi) is 7.38. The molecule has 1 heterocycles. The summed E-state index contributed by atoms with van der Waals surface area (Å²) < 4.78 is 5.35. The van der Waals surface area contributed by atoms with Gasteiger partial charge in [-0.2, -0.15) is 0 Å². The Morgan fingerprint density at radius 3 is 2.74 bits per heavy atom. The third-order valence-electron chi connectivity index (χ3n) is 3.74. The van der Waals surface area contributed by atoms with Crippen LogP contribution in [0.5, 0.6) is 0 Å². The molecule has 1 aliphatic carbocycles. The average molecular weight is 383 g/mol. The Labute approximate surface area is 132 Å². The topological polar surface area (TPSA) is 65.9 Å². The summed E-state index contributed by atoms with van der Waals surface area (Å²) in [5.74, 6) is 1.39. The van der Waals surface area contributed by atoms with E-state index in [-0.39, 0.29) is 24.0 Å². The second-order valence-electron chi connectivity index (χ2n) is 5.38. The fourth-order valence-corrected chi connectivity index (χ4v) is 2.30. The van der Waals surface area contributed by atoms with Crippen LogP contribution in [0, 0.1) is 5.92 Å². The number of ether oxygens (including phenoxy) is 1. The number of nitrogens with zero attached hydrogens (tertiary/aromatic N) is 1. The van der Waals surface area contributed by atoms with E-state index in [4.69, 9.17) is 4.74 Å². The van der Waals surface area contributed by atoms with Crippen molar-refractivity contribution in [3.63, 3.8) is 0 Å². The molecular weight excluding hydrogens is 357 g/mol. The predicted octanol–water partition coefficient (Wildman–Crippen LogP) is 1.11. The first-order chi connectivity index (χ1) is 8.72. The van der Waals surface area contributed by atoms with E-state index < -0.39 is 5.60 Å². The zero-order chi connectivity index (χ0) is 12.8. The van der Waals surface area contributed by atoms with Gasteiger partial charge in [0.05, 0.1) is 18.8 Å². The highest BCUT2D eigenvalue weighted by atomic mass is 127. The number of nitrogens with one attached hydrogen (secondary N) is 2. The minimum absolute atomic E-state index is 0. The van der Waals surface area contributed by atoms with E-state index in [1.807, 2.05) is 6.92 Å². The lowest BCUT2D eigenvalue weighted by Crippen LogP contribution is -2.44. The second-order valence-corrected chi connectivity index (χ2v) is 5.38. The highest BCUT2D eigenvalue weighted by Gasteiger charge is 2.34. The molecule has 2 fully saturated rings. The summed E-state index contributed by atoms with van der Waals surface area (Å²) >= 11 is 0. The van der Waals surface area contributed by atoms with Gasteiger partial charge in [-0.1, -0.05) is 0 Å². The molecule has 0 radical (unpaired) electrons. The minimum Gasteiger partial charge on any atom is -0.388 e. The molecule has 0 amide bonds. The zero-order valence-electron chi connectivity index (χ0n) is 11.7. The Balaban J connectivity index is 0.00000180. The molecule has 0 spiro atoms. The van der Waals surface area contributed by atoms with Crippen molar-refractivity contribution in [3.05, 3.63) is 0 Å². The van der Waals surface area contributed by atoms with Crippen LogP contribution < -0.4 is 10.6 Å². The summed E-state index contributed by atoms with van der Waals surface area (Å²) in [7, 11) is 0. The predicted molar refractivity (Wildman–Crippen MR) is 87.1 cm³/mol. The quantitative estimate of drug-likeness (QED) is 0.378. The van der Waals surface area contributed by atoms with E-state index in [1.165, 1.54) is 0 Å². The molecule has 0 bridgehead atoms. The van der Waals surface area contributed by atoms with Gasteiger partial charge in [-0.25, -0.2) is 0 Å². The summed E-state index contributed by atoms with van der Waals surface area (Å²) in [4.78, 5) is 4.47. The second kappa shape index (κ2) is 8.26. The van der Waals surface area contributed by atoms with E-state index >= 15 is 0 Å². The maximum Gasteiger partial charge on any atom is 0.191 e. The van der Waals surface area contributed by atoms with Crippen LogP contribution in [0.4, 0.5) is 0 Å². The van der Waals surface area contributed by atoms with Gasteiger partial charge in [0.15, 0.2) is 5.96 Å². The molecule has 1 saturated carbocycles. The Bertz CT molecular complexity index is 290. The summed E-state index contributed by atoms with van der Waals surface area (Å²) in [6.45, 7) is 6.00. The van der Waals surface area contributed by atoms with Gasteiger partial charge in [0.25, 0.3) is 0 Å². The van der Waals surface area contributed by atoms with E-state index in [0.29, 0.717) is 12.5 Å². The highest BCUT2D eigenvalue weighted by Crippen LogP contribution is 2.31. The first kappa shape index (κ1) is 17.0. The number of hydrogen-bond acceptors (Lipinski definition) is 3. The van der Waals surface area contributed by atoms with Crippen LogP contribution in [-0.4, -0.2) is 49.5 Å². The van der Waals surface area contributed by atoms with Crippen LogP contribution in [0.1, 0.15) is 32.6 Å². The van der Waals surface area contributed by atoms with Crippen molar-refractivity contribution in [3.8, 4) is 0 Å². The van der Waals surface area contributed by atoms with Crippen molar-refractivity contribution in [1.29, 1.82) is 0 Å². The molecule has 6 heteroatoms. The first-order valence-corrected chi connectivity index (χ1v) is 7.04. The molecule has 5 nitrogen and oxygen atoms in total. The largest absolute Gasteiger partial charge is 0.388 e. The van der Waals surface area contributed by atoms with E-state index in [9.17, 15) is 5.11 Å². The lowest BCUT2D eigenvalue weighted by molar-refractivity contribution is -0.0236. The normalized spacial score (nSPS) is 25.4. The van der Waals surface area contributed by atoms with Gasteiger partial charge in [-0.3, -0.25) is 4.99 Å². The molecule has 0 aromatic carbocycles. The molecule has 0 aromatic heterocycles. The number of halogens is 1. The van der Waals surface area contributed by atoms with Crippen LogP contribution in [-0.2, 0) is 4.74 Å². The van der Waals surface area contributed by atoms with Crippen molar-refractivity contribution in [1.82, 2.24) is 10.6 Å². The first-order valence-electron chi connectivity index (χ1n) is 7.04. The minimum atomic E-state index is -0.543. The molecule has 2 aliphatic rings. The van der Waals surface area contributed by atoms with Gasteiger partial charge < -0.3 is 20.5 Å². The van der Waals surface area contributed by atoms with E-state index in [1.54, 1.807) is 0 Å². The number of aliphatic imine (C=N–C) groups is 1. The Morgan fingerprint density at radius 1 is 1.42 bits per heavy atom. The smallest absolute Gasteiger partial charge is 0.191 e. The molecule has 3 N–H and O–H groups in total. The lowest BCUT2D eigenvalue weighted by atomic mass is 9.80. The standard InChI is InChI=1S/C13H25N3O2.HI/c1-2-14-12(15-8-11-4-7-18-9-11)16-10-13(17)5-3-6-13;/h11,17H,2-10H2,1H3,(H2,14,15,16);1H. The molecule has 1 saturated heterocycles. The fraction of sp³-hybridized carbons (Fsp3) is 0.923. The van der Waals surface area contributed by atoms with Crippen LogP contribution in [0.15, 0.2) is 4.99 Å². The average Bonchev–Trinajstić information content (AvgIpc) is 2.83. The van der Waals surface area contributed by atoms with Gasteiger partial charge in [0.2, 0.25) is 0 Å². The van der Waals surface area contributed by atoms with Crippen molar-refractivity contribution >= 4 is 29.9 Å². The maximum absolute atomic E-state index is 10.0. The summed E-state index contributed by atoms with van der Waals surface area (Å²) in [6.07, 6.45) is 4.00. The number of aliphatic hydroxyl groups is 1. The van der Waals surface area contributed by atoms with Crippen molar-refractivity contribution in [2.24, 2.45) is 10.9 Å². The third-order valence-corrected chi connectivity index (χ3v) is 3.74. The van der Waals surface area contributed by atoms with Gasteiger partial charge in [-0.15, -0.1) is 24.0 Å². The summed E-state index contributed by atoms with van der Waals surface area (Å²) in [6, 6.07) is 0. The summed E-state index contributed by atoms with van der Waals surface area (Å²) in [5.41, 5.74) is -0.543. The third kappa shape index (κ3) is 5.43. The SMILES string of the molecule is CCNC(=NCC1(O)CCC1)NCC1CCOC1.I. The molecule has 2 rings (SSSR count). The van der Waals surface area contributed by atoms with Crippen LogP contribution in [0.3, 0.4) is 0 Å². The molecule has 1 aliphatic heterocycles. The highest BCUT2D eigenvalue weighted by molar-refractivity contribution is 14.0. The number of guanidine groups is 1. The maximum atomic E-state index is 10.0. The zero-order valence-corrected chi connectivity index (χ0v) is 14.0.